The molecule has 4 N–H and O–H groups in total. The predicted octanol–water partition coefficient (Wildman–Crippen LogP) is 11.3. The number of carbonyl (C=O) groups excluding carboxylic acids is 1. The lowest BCUT2D eigenvalue weighted by atomic mass is 9.59. The first-order valence-electron chi connectivity index (χ1n) is 28.1. The third kappa shape index (κ3) is 11.2. The van der Waals surface area contributed by atoms with Gasteiger partial charge in [0.1, 0.15) is 28.6 Å². The molecule has 78 heavy (non-hydrogen) atoms. The number of H-pyrrole nitrogens is 1. The third-order valence-corrected chi connectivity index (χ3v) is 19.5. The van der Waals surface area contributed by atoms with Crippen molar-refractivity contribution in [3.63, 3.8) is 0 Å². The molecule has 5 fully saturated rings. The molecule has 3 aliphatic carbocycles. The normalized spacial score (nSPS) is 24.1. The number of sulfonamides is 1. The molecule has 2 saturated heterocycles. The van der Waals surface area contributed by atoms with Crippen molar-refractivity contribution in [2.75, 3.05) is 56.6 Å². The number of aromatic nitrogens is 2. The SMILES string of the molecule is COc1ccc(C2CCCC2N2CCN(C3CC4(CCN(c5ccc(C(=O)NS(=O)(=O)c6ccc(NCC7CCC(C)(O)CC7)c([N+](=O)[O-])c6)c(Oc6cnc7[nH]ccc7c6)c5)CC4)C3)C(c3ccccc3C(C)C)C2)cc1. The molecule has 6 aromatic rings. The molecule has 2 aromatic heterocycles. The van der Waals surface area contributed by atoms with Crippen molar-refractivity contribution in [1.82, 2.24) is 24.5 Å². The maximum absolute atomic E-state index is 14.2. The summed E-state index contributed by atoms with van der Waals surface area (Å²) in [5.41, 5.74) is 5.09. The standard InChI is InChI=1S/C61H74N8O8S/c1-40(2)49-8-5-6-9-51(49)56-39-67(54-11-7-10-50(54)42-12-15-46(76-4)16-13-42)30-31-68(56)45-35-61(36-45)25-28-66(29-26-61)44-14-18-52(57(33-44)77-47-32-43-22-27-62-58(43)64-38-47)59(70)65-78(74,75)48-17-19-53(55(34-48)69(72)73)63-37-41-20-23-60(3,71)24-21-41/h5-6,8-9,12-19,22,27,32-34,38,40-41,45,50,54,56,63,71H,7,10-11,20-21,23-26,28-31,35-37,39H2,1-4H3,(H,62,64)(H,65,70). The number of methoxy groups -OCH3 is 1. The van der Waals surface area contributed by atoms with E-state index >= 15 is 0 Å². The Morgan fingerprint density at radius 3 is 2.42 bits per heavy atom. The number of amides is 1. The van der Waals surface area contributed by atoms with Gasteiger partial charge in [-0.05, 0) is 160 Å². The number of nitrogens with one attached hydrogen (secondary N) is 3. The molecule has 0 radical (unpaired) electrons. The number of piperidine rings is 1. The van der Waals surface area contributed by atoms with Gasteiger partial charge in [-0.15, -0.1) is 0 Å². The molecule has 3 unspecified atom stereocenters. The lowest BCUT2D eigenvalue weighted by Gasteiger charge is -2.59. The van der Waals surface area contributed by atoms with E-state index < -0.39 is 37.0 Å². The van der Waals surface area contributed by atoms with Crippen LogP contribution in [0, 0.1) is 21.4 Å². The number of pyridine rings is 1. The molecule has 0 bridgehead atoms. The summed E-state index contributed by atoms with van der Waals surface area (Å²) in [7, 11) is -2.86. The average molecular weight is 1080 g/mol. The van der Waals surface area contributed by atoms with Crippen molar-refractivity contribution in [3.05, 3.63) is 142 Å². The highest BCUT2D eigenvalue weighted by Crippen LogP contribution is 2.54. The number of ether oxygens (including phenoxy) is 2. The number of hydrogen-bond acceptors (Lipinski definition) is 13. The first-order chi connectivity index (χ1) is 37.5. The van der Waals surface area contributed by atoms with Gasteiger partial charge in [-0.1, -0.05) is 56.7 Å². The Balaban J connectivity index is 0.781. The van der Waals surface area contributed by atoms with E-state index in [1.54, 1.807) is 37.7 Å². The molecule has 3 saturated carbocycles. The number of aromatic amines is 1. The zero-order chi connectivity index (χ0) is 54.3. The van der Waals surface area contributed by atoms with E-state index in [9.17, 15) is 28.4 Å². The molecular formula is C61H74N8O8S. The van der Waals surface area contributed by atoms with E-state index in [2.05, 4.69) is 97.1 Å². The van der Waals surface area contributed by atoms with Gasteiger partial charge in [0.15, 0.2) is 0 Å². The summed E-state index contributed by atoms with van der Waals surface area (Å²) in [4.78, 5) is 40.9. The quantitative estimate of drug-likeness (QED) is 0.0528. The van der Waals surface area contributed by atoms with Gasteiger partial charge in [-0.2, -0.15) is 0 Å². The second-order valence-corrected chi connectivity index (χ2v) is 25.2. The van der Waals surface area contributed by atoms with Gasteiger partial charge in [0.05, 0.1) is 34.3 Å². The number of nitro groups is 1. The van der Waals surface area contributed by atoms with Gasteiger partial charge in [-0.3, -0.25) is 24.7 Å². The Morgan fingerprint density at radius 2 is 1.68 bits per heavy atom. The maximum Gasteiger partial charge on any atom is 0.293 e. The number of piperazine rings is 1. The lowest BCUT2D eigenvalue weighted by Crippen LogP contribution is -2.61. The van der Waals surface area contributed by atoms with Crippen LogP contribution in [-0.2, 0) is 10.0 Å². The van der Waals surface area contributed by atoms with Crippen molar-refractivity contribution in [3.8, 4) is 17.2 Å². The Morgan fingerprint density at radius 1 is 0.910 bits per heavy atom. The zero-order valence-corrected chi connectivity index (χ0v) is 46.1. The molecule has 412 valence electrons. The summed E-state index contributed by atoms with van der Waals surface area (Å²) in [6.45, 7) is 11.7. The molecule has 5 aliphatic rings. The Labute approximate surface area is 458 Å². The highest BCUT2D eigenvalue weighted by Gasteiger charge is 2.51. The summed E-state index contributed by atoms with van der Waals surface area (Å²) in [6.07, 6.45) is 14.2. The lowest BCUT2D eigenvalue weighted by molar-refractivity contribution is -0.384. The Kier molecular flexibility index (Phi) is 15.0. The molecular weight excluding hydrogens is 1000 g/mol. The first-order valence-corrected chi connectivity index (χ1v) is 29.6. The topological polar surface area (TPSA) is 195 Å². The number of fused-ring (bicyclic) bond motifs is 1. The van der Waals surface area contributed by atoms with Crippen LogP contribution in [-0.4, -0.2) is 108 Å². The van der Waals surface area contributed by atoms with Crippen LogP contribution in [0.5, 0.6) is 17.2 Å². The molecule has 1 amide bonds. The average Bonchev–Trinajstić information content (AvgIpc) is 4.25. The van der Waals surface area contributed by atoms with Gasteiger partial charge < -0.3 is 29.8 Å². The summed E-state index contributed by atoms with van der Waals surface area (Å²) < 4.78 is 41.9. The monoisotopic (exact) mass is 1080 g/mol. The van der Waals surface area contributed by atoms with Crippen LogP contribution in [0.3, 0.4) is 0 Å². The molecule has 4 heterocycles. The van der Waals surface area contributed by atoms with Crippen molar-refractivity contribution in [1.29, 1.82) is 0 Å². The zero-order valence-electron chi connectivity index (χ0n) is 45.3. The second kappa shape index (κ2) is 22.0. The molecule has 16 nitrogen and oxygen atoms in total. The van der Waals surface area contributed by atoms with E-state index in [4.69, 9.17) is 9.47 Å². The summed E-state index contributed by atoms with van der Waals surface area (Å²) in [6, 6.07) is 31.7. The fourth-order valence-electron chi connectivity index (χ4n) is 13.7. The number of rotatable bonds is 16. The Hall–Kier alpha value is -6.53. The number of nitro benzene ring substituents is 1. The number of anilines is 2. The number of aliphatic hydroxyl groups is 1. The molecule has 2 aliphatic heterocycles. The minimum absolute atomic E-state index is 0.0241. The van der Waals surface area contributed by atoms with Gasteiger partial charge in [0.25, 0.3) is 21.6 Å². The number of nitrogens with zero attached hydrogens (tertiary/aromatic N) is 5. The number of benzene rings is 4. The molecule has 1 spiro atoms. The summed E-state index contributed by atoms with van der Waals surface area (Å²) >= 11 is 0. The van der Waals surface area contributed by atoms with Crippen LogP contribution in [0.15, 0.2) is 114 Å². The molecule has 11 rings (SSSR count). The van der Waals surface area contributed by atoms with Crippen molar-refractivity contribution < 1.29 is 32.7 Å². The van der Waals surface area contributed by atoms with E-state index in [1.807, 2.05) is 19.1 Å². The van der Waals surface area contributed by atoms with Gasteiger partial charge in [0, 0.05) is 86.8 Å². The Bertz CT molecular complexity index is 3250. The first kappa shape index (κ1) is 53.5. The van der Waals surface area contributed by atoms with Crippen LogP contribution in [0.1, 0.15) is 136 Å². The minimum atomic E-state index is -4.59. The van der Waals surface area contributed by atoms with Crippen LogP contribution < -0.4 is 24.4 Å². The molecule has 4 aromatic carbocycles. The highest BCUT2D eigenvalue weighted by molar-refractivity contribution is 7.90. The van der Waals surface area contributed by atoms with E-state index in [0.29, 0.717) is 60.7 Å². The van der Waals surface area contributed by atoms with E-state index in [1.165, 1.54) is 48.1 Å². The largest absolute Gasteiger partial charge is 0.497 e. The number of carbonyl (C=O) groups is 1. The highest BCUT2D eigenvalue weighted by atomic mass is 32.2. The number of hydrogen-bond donors (Lipinski definition) is 4. The van der Waals surface area contributed by atoms with Crippen molar-refractivity contribution >= 4 is 44.0 Å². The molecule has 17 heteroatoms. The molecule has 3 atom stereocenters. The van der Waals surface area contributed by atoms with Crippen LogP contribution >= 0.6 is 0 Å². The van der Waals surface area contributed by atoms with Crippen LogP contribution in [0.4, 0.5) is 17.1 Å². The second-order valence-electron chi connectivity index (χ2n) is 23.5. The summed E-state index contributed by atoms with van der Waals surface area (Å²) in [5.74, 6) is 1.61. The van der Waals surface area contributed by atoms with Crippen LogP contribution in [0.25, 0.3) is 11.0 Å². The third-order valence-electron chi connectivity index (χ3n) is 18.2. The predicted molar refractivity (Wildman–Crippen MR) is 303 cm³/mol. The van der Waals surface area contributed by atoms with Crippen molar-refractivity contribution in [2.24, 2.45) is 11.3 Å². The summed E-state index contributed by atoms with van der Waals surface area (Å²) in [5, 5.41) is 26.6. The van der Waals surface area contributed by atoms with Gasteiger partial charge in [0.2, 0.25) is 0 Å². The smallest absolute Gasteiger partial charge is 0.293 e. The van der Waals surface area contributed by atoms with Gasteiger partial charge in [-0.25, -0.2) is 18.1 Å². The van der Waals surface area contributed by atoms with Gasteiger partial charge >= 0.3 is 0 Å². The minimum Gasteiger partial charge on any atom is -0.497 e. The fourth-order valence-corrected chi connectivity index (χ4v) is 14.7. The van der Waals surface area contributed by atoms with E-state index in [0.717, 1.165) is 94.1 Å². The fraction of sp³-hybridized carbons (Fsp3) is 0.475. The van der Waals surface area contributed by atoms with Crippen molar-refractivity contribution in [2.45, 2.75) is 132 Å². The maximum atomic E-state index is 14.2. The van der Waals surface area contributed by atoms with E-state index in [-0.39, 0.29) is 28.3 Å². The van der Waals surface area contributed by atoms with Crippen LogP contribution in [0.2, 0.25) is 0 Å².